The molecule has 0 aromatic heterocycles. The van der Waals surface area contributed by atoms with Gasteiger partial charge in [0.15, 0.2) is 0 Å². The van der Waals surface area contributed by atoms with Crippen LogP contribution in [0.3, 0.4) is 0 Å². The molecule has 1 fully saturated rings. The van der Waals surface area contributed by atoms with Crippen molar-refractivity contribution in [3.63, 3.8) is 0 Å². The van der Waals surface area contributed by atoms with E-state index < -0.39 is 6.10 Å². The van der Waals surface area contributed by atoms with Crippen molar-refractivity contribution in [2.75, 3.05) is 14.2 Å². The zero-order valence-electron chi connectivity index (χ0n) is 13.7. The highest BCUT2D eigenvalue weighted by atomic mass is 16.5. The fraction of sp³-hybridized carbons (Fsp3) is 0.667. The Morgan fingerprint density at radius 2 is 1.76 bits per heavy atom. The first-order valence-corrected chi connectivity index (χ1v) is 7.95. The van der Waals surface area contributed by atoms with E-state index in [1.807, 2.05) is 19.1 Å². The molecule has 2 unspecified atom stereocenters. The molecule has 118 valence electrons. The molecule has 3 heteroatoms. The molecule has 1 aromatic carbocycles. The number of hydrogen-bond acceptors (Lipinski definition) is 3. The molecule has 0 amide bonds. The molecule has 0 bridgehead atoms. The fourth-order valence-corrected chi connectivity index (χ4v) is 3.53. The summed E-state index contributed by atoms with van der Waals surface area (Å²) in [6, 6.07) is 4.02. The average molecular weight is 292 g/mol. The van der Waals surface area contributed by atoms with E-state index >= 15 is 0 Å². The number of aliphatic hydroxyl groups is 1. The van der Waals surface area contributed by atoms with Crippen LogP contribution in [-0.2, 0) is 4.74 Å². The van der Waals surface area contributed by atoms with Gasteiger partial charge in [0.2, 0.25) is 0 Å². The molecule has 0 spiro atoms. The number of aryl methyl sites for hydroxylation is 1. The molecule has 0 radical (unpaired) electrons. The lowest BCUT2D eigenvalue weighted by atomic mass is 9.81. The SMILES string of the molecule is COc1c(C(O)C(OC)C2CCCCC2)ccc(C)c1C. The van der Waals surface area contributed by atoms with Gasteiger partial charge < -0.3 is 14.6 Å². The average Bonchev–Trinajstić information content (AvgIpc) is 2.51. The van der Waals surface area contributed by atoms with E-state index in [4.69, 9.17) is 9.47 Å². The van der Waals surface area contributed by atoms with E-state index in [1.165, 1.54) is 24.8 Å². The number of aliphatic hydroxyl groups excluding tert-OH is 1. The van der Waals surface area contributed by atoms with Gasteiger partial charge in [0.25, 0.3) is 0 Å². The van der Waals surface area contributed by atoms with Crippen molar-refractivity contribution in [1.29, 1.82) is 0 Å². The van der Waals surface area contributed by atoms with Crippen molar-refractivity contribution in [3.05, 3.63) is 28.8 Å². The number of benzene rings is 1. The third-order valence-electron chi connectivity index (χ3n) is 4.93. The Bertz CT molecular complexity index is 464. The Labute approximate surface area is 128 Å². The molecule has 2 atom stereocenters. The smallest absolute Gasteiger partial charge is 0.127 e. The number of methoxy groups -OCH3 is 2. The maximum atomic E-state index is 10.9. The lowest BCUT2D eigenvalue weighted by molar-refractivity contribution is -0.0566. The zero-order chi connectivity index (χ0) is 15.4. The minimum absolute atomic E-state index is 0.152. The topological polar surface area (TPSA) is 38.7 Å². The van der Waals surface area contributed by atoms with Gasteiger partial charge in [0, 0.05) is 12.7 Å². The second-order valence-corrected chi connectivity index (χ2v) is 6.17. The normalized spacial score (nSPS) is 19.3. The second-order valence-electron chi connectivity index (χ2n) is 6.17. The molecular weight excluding hydrogens is 264 g/mol. The Morgan fingerprint density at radius 3 is 2.33 bits per heavy atom. The minimum atomic E-state index is -0.632. The third-order valence-corrected chi connectivity index (χ3v) is 4.93. The molecule has 0 heterocycles. The summed E-state index contributed by atoms with van der Waals surface area (Å²) in [5.74, 6) is 1.23. The summed E-state index contributed by atoms with van der Waals surface area (Å²) < 4.78 is 11.2. The van der Waals surface area contributed by atoms with Gasteiger partial charge in [-0.25, -0.2) is 0 Å². The summed E-state index contributed by atoms with van der Waals surface area (Å²) in [6.07, 6.45) is 5.28. The van der Waals surface area contributed by atoms with Crippen molar-refractivity contribution in [3.8, 4) is 5.75 Å². The van der Waals surface area contributed by atoms with Gasteiger partial charge in [-0.2, -0.15) is 0 Å². The fourth-order valence-electron chi connectivity index (χ4n) is 3.53. The molecule has 3 nitrogen and oxygen atoms in total. The van der Waals surface area contributed by atoms with Crippen LogP contribution >= 0.6 is 0 Å². The van der Waals surface area contributed by atoms with Crippen LogP contribution in [-0.4, -0.2) is 25.4 Å². The minimum Gasteiger partial charge on any atom is -0.496 e. The van der Waals surface area contributed by atoms with Crippen molar-refractivity contribution < 1.29 is 14.6 Å². The lowest BCUT2D eigenvalue weighted by Gasteiger charge is -2.33. The molecule has 0 aliphatic heterocycles. The van der Waals surface area contributed by atoms with Gasteiger partial charge >= 0.3 is 0 Å². The van der Waals surface area contributed by atoms with Crippen LogP contribution in [0.25, 0.3) is 0 Å². The van der Waals surface area contributed by atoms with Gasteiger partial charge in [-0.3, -0.25) is 0 Å². The van der Waals surface area contributed by atoms with E-state index in [-0.39, 0.29) is 6.10 Å². The summed E-state index contributed by atoms with van der Waals surface area (Å²) in [5, 5.41) is 10.9. The van der Waals surface area contributed by atoms with E-state index in [0.717, 1.165) is 29.7 Å². The Hall–Kier alpha value is -1.06. The van der Waals surface area contributed by atoms with Crippen LogP contribution in [0.1, 0.15) is 54.9 Å². The monoisotopic (exact) mass is 292 g/mol. The summed E-state index contributed by atoms with van der Waals surface area (Å²) in [7, 11) is 3.37. The maximum Gasteiger partial charge on any atom is 0.127 e. The van der Waals surface area contributed by atoms with Crippen molar-refractivity contribution in [1.82, 2.24) is 0 Å². The van der Waals surface area contributed by atoms with Crippen LogP contribution in [0.4, 0.5) is 0 Å². The lowest BCUT2D eigenvalue weighted by Crippen LogP contribution is -2.31. The molecule has 1 saturated carbocycles. The predicted octanol–water partition coefficient (Wildman–Crippen LogP) is 3.94. The number of rotatable bonds is 5. The molecule has 1 aliphatic carbocycles. The van der Waals surface area contributed by atoms with Gasteiger partial charge in [-0.15, -0.1) is 0 Å². The van der Waals surface area contributed by atoms with E-state index in [2.05, 4.69) is 6.92 Å². The van der Waals surface area contributed by atoms with Gasteiger partial charge in [-0.05, 0) is 43.7 Å². The summed E-state index contributed by atoms with van der Waals surface area (Å²) in [5.41, 5.74) is 3.11. The highest BCUT2D eigenvalue weighted by Gasteiger charge is 2.32. The van der Waals surface area contributed by atoms with Crippen LogP contribution in [0.5, 0.6) is 5.75 Å². The van der Waals surface area contributed by atoms with Gasteiger partial charge in [-0.1, -0.05) is 31.4 Å². The molecule has 1 aromatic rings. The van der Waals surface area contributed by atoms with Crippen molar-refractivity contribution in [2.24, 2.45) is 5.92 Å². The Kier molecular flexibility index (Phi) is 5.65. The molecular formula is C18H28O3. The standard InChI is InChI=1S/C18H28O3/c1-12-10-11-15(17(20-3)13(12)2)16(19)18(21-4)14-8-6-5-7-9-14/h10-11,14,16,18-19H,5-9H2,1-4H3. The van der Waals surface area contributed by atoms with Crippen LogP contribution < -0.4 is 4.74 Å². The Morgan fingerprint density at radius 1 is 1.10 bits per heavy atom. The molecule has 1 aliphatic rings. The van der Waals surface area contributed by atoms with Gasteiger partial charge in [0.05, 0.1) is 13.2 Å². The summed E-state index contributed by atoms with van der Waals surface area (Å²) >= 11 is 0. The van der Waals surface area contributed by atoms with Crippen LogP contribution in [0, 0.1) is 19.8 Å². The molecule has 21 heavy (non-hydrogen) atoms. The van der Waals surface area contributed by atoms with Crippen molar-refractivity contribution >= 4 is 0 Å². The largest absolute Gasteiger partial charge is 0.496 e. The molecule has 2 rings (SSSR count). The molecule has 0 saturated heterocycles. The molecule has 1 N–H and O–H groups in total. The Balaban J connectivity index is 2.28. The van der Waals surface area contributed by atoms with E-state index in [0.29, 0.717) is 5.92 Å². The van der Waals surface area contributed by atoms with Gasteiger partial charge in [0.1, 0.15) is 11.9 Å². The van der Waals surface area contributed by atoms with Crippen molar-refractivity contribution in [2.45, 2.75) is 58.2 Å². The maximum absolute atomic E-state index is 10.9. The summed E-state index contributed by atoms with van der Waals surface area (Å²) in [4.78, 5) is 0. The quantitative estimate of drug-likeness (QED) is 0.893. The second kappa shape index (κ2) is 7.28. The number of ether oxygens (including phenoxy) is 2. The highest BCUT2D eigenvalue weighted by molar-refractivity contribution is 5.46. The van der Waals surface area contributed by atoms with Crippen LogP contribution in [0.2, 0.25) is 0 Å². The van der Waals surface area contributed by atoms with Crippen LogP contribution in [0.15, 0.2) is 12.1 Å². The first-order valence-electron chi connectivity index (χ1n) is 7.95. The first-order chi connectivity index (χ1) is 10.1. The van der Waals surface area contributed by atoms with E-state index in [9.17, 15) is 5.11 Å². The third kappa shape index (κ3) is 3.41. The first kappa shape index (κ1) is 16.3. The van der Waals surface area contributed by atoms with E-state index in [1.54, 1.807) is 14.2 Å². The summed E-state index contributed by atoms with van der Waals surface area (Å²) in [6.45, 7) is 4.09. The predicted molar refractivity (Wildman–Crippen MR) is 84.8 cm³/mol. The zero-order valence-corrected chi connectivity index (χ0v) is 13.7. The number of hydrogen-bond donors (Lipinski definition) is 1. The highest BCUT2D eigenvalue weighted by Crippen LogP contribution is 2.38.